The molecule has 2 aromatic carbocycles. The Labute approximate surface area is 121 Å². The molecule has 96 valence electrons. The average molecular weight is 285 g/mol. The number of thiazole rings is 1. The van der Waals surface area contributed by atoms with E-state index in [0.29, 0.717) is 0 Å². The SMILES string of the molecule is CCCc1ccc(Sc2nc3ccccc3s2)cc1. The van der Waals surface area contributed by atoms with Crippen LogP contribution in [0.25, 0.3) is 10.2 Å². The number of benzene rings is 2. The summed E-state index contributed by atoms with van der Waals surface area (Å²) in [6.45, 7) is 2.21. The van der Waals surface area contributed by atoms with Gasteiger partial charge in [-0.05, 0) is 36.2 Å². The van der Waals surface area contributed by atoms with Crippen LogP contribution in [0.3, 0.4) is 0 Å². The highest BCUT2D eigenvalue weighted by molar-refractivity contribution is 8.01. The summed E-state index contributed by atoms with van der Waals surface area (Å²) in [7, 11) is 0. The molecule has 0 N–H and O–H groups in total. The van der Waals surface area contributed by atoms with Crippen molar-refractivity contribution in [3.8, 4) is 0 Å². The van der Waals surface area contributed by atoms with Gasteiger partial charge in [0.2, 0.25) is 0 Å². The predicted octanol–water partition coefficient (Wildman–Crippen LogP) is 5.40. The third kappa shape index (κ3) is 2.99. The molecular weight excluding hydrogens is 270 g/mol. The molecule has 0 aliphatic rings. The van der Waals surface area contributed by atoms with Crippen molar-refractivity contribution in [2.24, 2.45) is 0 Å². The second-order valence-electron chi connectivity index (χ2n) is 4.44. The predicted molar refractivity (Wildman–Crippen MR) is 84.2 cm³/mol. The molecule has 0 aliphatic heterocycles. The maximum atomic E-state index is 4.65. The molecule has 0 atom stereocenters. The van der Waals surface area contributed by atoms with Gasteiger partial charge in [-0.1, -0.05) is 49.4 Å². The summed E-state index contributed by atoms with van der Waals surface area (Å²) >= 11 is 3.51. The number of nitrogens with zero attached hydrogens (tertiary/aromatic N) is 1. The smallest absolute Gasteiger partial charge is 0.155 e. The Kier molecular flexibility index (Phi) is 3.85. The van der Waals surface area contributed by atoms with Gasteiger partial charge in [-0.3, -0.25) is 0 Å². The third-order valence-corrected chi connectivity index (χ3v) is 5.05. The molecule has 19 heavy (non-hydrogen) atoms. The van der Waals surface area contributed by atoms with E-state index >= 15 is 0 Å². The summed E-state index contributed by atoms with van der Waals surface area (Å²) in [5.74, 6) is 0. The van der Waals surface area contributed by atoms with E-state index in [1.165, 1.54) is 21.6 Å². The van der Waals surface area contributed by atoms with Crippen LogP contribution in [0.4, 0.5) is 0 Å². The Bertz CT molecular complexity index is 638. The average Bonchev–Trinajstić information content (AvgIpc) is 2.83. The Hall–Kier alpha value is -1.32. The zero-order chi connectivity index (χ0) is 13.1. The summed E-state index contributed by atoms with van der Waals surface area (Å²) < 4.78 is 2.37. The lowest BCUT2D eigenvalue weighted by Gasteiger charge is -2.00. The molecule has 0 saturated heterocycles. The summed E-state index contributed by atoms with van der Waals surface area (Å²) in [4.78, 5) is 5.91. The van der Waals surface area contributed by atoms with Crippen molar-refractivity contribution in [3.05, 3.63) is 54.1 Å². The lowest BCUT2D eigenvalue weighted by Crippen LogP contribution is -1.81. The summed E-state index contributed by atoms with van der Waals surface area (Å²) in [6.07, 6.45) is 2.36. The lowest BCUT2D eigenvalue weighted by molar-refractivity contribution is 0.920. The molecule has 0 bridgehead atoms. The molecule has 1 heterocycles. The van der Waals surface area contributed by atoms with Gasteiger partial charge in [0.05, 0.1) is 10.2 Å². The van der Waals surface area contributed by atoms with Crippen LogP contribution >= 0.6 is 23.1 Å². The molecule has 1 nitrogen and oxygen atoms in total. The van der Waals surface area contributed by atoms with Gasteiger partial charge in [0.1, 0.15) is 0 Å². The Balaban J connectivity index is 1.80. The highest BCUT2D eigenvalue weighted by Gasteiger charge is 2.05. The monoisotopic (exact) mass is 285 g/mol. The van der Waals surface area contributed by atoms with Crippen molar-refractivity contribution in [2.75, 3.05) is 0 Å². The van der Waals surface area contributed by atoms with Gasteiger partial charge in [-0.2, -0.15) is 0 Å². The maximum Gasteiger partial charge on any atom is 0.155 e. The first-order valence-corrected chi connectivity index (χ1v) is 8.11. The number of rotatable bonds is 4. The number of hydrogen-bond acceptors (Lipinski definition) is 3. The quantitative estimate of drug-likeness (QED) is 0.636. The minimum atomic E-state index is 1.10. The van der Waals surface area contributed by atoms with Crippen molar-refractivity contribution in [3.63, 3.8) is 0 Å². The minimum Gasteiger partial charge on any atom is -0.229 e. The summed E-state index contributed by atoms with van der Waals surface area (Å²) in [5.41, 5.74) is 2.51. The molecule has 0 aliphatic carbocycles. The van der Waals surface area contributed by atoms with Crippen molar-refractivity contribution >= 4 is 33.3 Å². The first-order valence-electron chi connectivity index (χ1n) is 6.47. The number of aryl methyl sites for hydroxylation is 1. The van der Waals surface area contributed by atoms with Crippen LogP contribution in [0.15, 0.2) is 57.8 Å². The van der Waals surface area contributed by atoms with Gasteiger partial charge in [0.15, 0.2) is 4.34 Å². The number of hydrogen-bond donors (Lipinski definition) is 0. The van der Waals surface area contributed by atoms with Crippen LogP contribution in [-0.2, 0) is 6.42 Å². The van der Waals surface area contributed by atoms with Crippen LogP contribution in [0, 0.1) is 0 Å². The molecule has 3 rings (SSSR count). The van der Waals surface area contributed by atoms with Crippen LogP contribution in [-0.4, -0.2) is 4.98 Å². The van der Waals surface area contributed by atoms with Gasteiger partial charge in [-0.25, -0.2) is 4.98 Å². The molecule has 3 aromatic rings. The van der Waals surface area contributed by atoms with E-state index in [1.54, 1.807) is 23.1 Å². The number of aromatic nitrogens is 1. The molecule has 0 unspecified atom stereocenters. The molecular formula is C16H15NS2. The largest absolute Gasteiger partial charge is 0.229 e. The molecule has 3 heteroatoms. The zero-order valence-corrected chi connectivity index (χ0v) is 12.4. The Morgan fingerprint density at radius 1 is 1.05 bits per heavy atom. The van der Waals surface area contributed by atoms with Crippen molar-refractivity contribution in [1.82, 2.24) is 4.98 Å². The van der Waals surface area contributed by atoms with Gasteiger partial charge in [-0.15, -0.1) is 11.3 Å². The second-order valence-corrected chi connectivity index (χ2v) is 6.79. The van der Waals surface area contributed by atoms with Gasteiger partial charge in [0.25, 0.3) is 0 Å². The van der Waals surface area contributed by atoms with Crippen LogP contribution in [0.1, 0.15) is 18.9 Å². The van der Waals surface area contributed by atoms with E-state index in [0.717, 1.165) is 16.3 Å². The maximum absolute atomic E-state index is 4.65. The topological polar surface area (TPSA) is 12.9 Å². The first-order chi connectivity index (χ1) is 9.35. The fourth-order valence-electron chi connectivity index (χ4n) is 2.01. The molecule has 1 aromatic heterocycles. The number of para-hydroxylation sites is 1. The molecule has 0 radical (unpaired) electrons. The second kappa shape index (κ2) is 5.76. The van der Waals surface area contributed by atoms with E-state index in [4.69, 9.17) is 0 Å². The standard InChI is InChI=1S/C16H15NS2/c1-2-5-12-8-10-13(11-9-12)18-16-17-14-6-3-4-7-15(14)19-16/h3-4,6-11H,2,5H2,1H3. The summed E-state index contributed by atoms with van der Waals surface area (Å²) in [5, 5.41) is 0. The number of fused-ring (bicyclic) bond motifs is 1. The Morgan fingerprint density at radius 2 is 1.84 bits per heavy atom. The minimum absolute atomic E-state index is 1.10. The van der Waals surface area contributed by atoms with Gasteiger partial charge < -0.3 is 0 Å². The molecule has 0 amide bonds. The summed E-state index contributed by atoms with van der Waals surface area (Å²) in [6, 6.07) is 17.1. The van der Waals surface area contributed by atoms with E-state index in [2.05, 4.69) is 54.4 Å². The first kappa shape index (κ1) is 12.7. The van der Waals surface area contributed by atoms with Crippen molar-refractivity contribution in [1.29, 1.82) is 0 Å². The Morgan fingerprint density at radius 3 is 2.58 bits per heavy atom. The highest BCUT2D eigenvalue weighted by Crippen LogP contribution is 2.34. The van der Waals surface area contributed by atoms with E-state index in [9.17, 15) is 0 Å². The van der Waals surface area contributed by atoms with Gasteiger partial charge >= 0.3 is 0 Å². The van der Waals surface area contributed by atoms with E-state index < -0.39 is 0 Å². The molecule has 0 fully saturated rings. The third-order valence-electron chi connectivity index (χ3n) is 2.94. The normalized spacial score (nSPS) is 11.0. The lowest BCUT2D eigenvalue weighted by atomic mass is 10.1. The van der Waals surface area contributed by atoms with Crippen molar-refractivity contribution < 1.29 is 0 Å². The van der Waals surface area contributed by atoms with Crippen LogP contribution in [0.5, 0.6) is 0 Å². The van der Waals surface area contributed by atoms with Crippen molar-refractivity contribution in [2.45, 2.75) is 29.0 Å². The fraction of sp³-hybridized carbons (Fsp3) is 0.188. The van der Waals surface area contributed by atoms with E-state index in [-0.39, 0.29) is 0 Å². The fourth-order valence-corrected chi connectivity index (χ4v) is 4.05. The van der Waals surface area contributed by atoms with Crippen LogP contribution in [0.2, 0.25) is 0 Å². The van der Waals surface area contributed by atoms with E-state index in [1.807, 2.05) is 6.07 Å². The molecule has 0 spiro atoms. The van der Waals surface area contributed by atoms with Crippen LogP contribution < -0.4 is 0 Å². The zero-order valence-electron chi connectivity index (χ0n) is 10.8. The molecule has 0 saturated carbocycles. The van der Waals surface area contributed by atoms with Gasteiger partial charge in [0, 0.05) is 4.90 Å². The highest BCUT2D eigenvalue weighted by atomic mass is 32.2.